The molecule has 1 nitrogen and oxygen atoms in total. The summed E-state index contributed by atoms with van der Waals surface area (Å²) in [6.45, 7) is 1.72. The SMILES string of the molecule is CC[SiH](O)CCC(F)(F)F. The van der Waals surface area contributed by atoms with E-state index in [9.17, 15) is 13.2 Å². The van der Waals surface area contributed by atoms with Gasteiger partial charge in [-0.3, -0.25) is 0 Å². The molecule has 0 aliphatic carbocycles. The normalized spacial score (nSPS) is 15.3. The van der Waals surface area contributed by atoms with Crippen molar-refractivity contribution in [2.75, 3.05) is 0 Å². The van der Waals surface area contributed by atoms with Crippen molar-refractivity contribution in [3.8, 4) is 0 Å². The van der Waals surface area contributed by atoms with Gasteiger partial charge in [-0.15, -0.1) is 0 Å². The van der Waals surface area contributed by atoms with Crippen molar-refractivity contribution in [1.82, 2.24) is 0 Å². The van der Waals surface area contributed by atoms with Crippen molar-refractivity contribution < 1.29 is 18.0 Å². The first kappa shape index (κ1) is 9.97. The highest BCUT2D eigenvalue weighted by Crippen LogP contribution is 2.22. The standard InChI is InChI=1S/C5H11F3OSi/c1-2-10(9)4-3-5(6,7)8/h9-10H,2-4H2,1H3. The summed E-state index contributed by atoms with van der Waals surface area (Å²) < 4.78 is 34.4. The van der Waals surface area contributed by atoms with Crippen molar-refractivity contribution in [1.29, 1.82) is 0 Å². The van der Waals surface area contributed by atoms with Crippen molar-refractivity contribution >= 4 is 9.04 Å². The molecule has 0 spiro atoms. The molecule has 0 aromatic heterocycles. The summed E-state index contributed by atoms with van der Waals surface area (Å²) in [4.78, 5) is 8.86. The van der Waals surface area contributed by atoms with Crippen LogP contribution in [0.4, 0.5) is 13.2 Å². The van der Waals surface area contributed by atoms with Crippen molar-refractivity contribution in [3.05, 3.63) is 0 Å². The van der Waals surface area contributed by atoms with Gasteiger partial charge in [0.15, 0.2) is 9.04 Å². The zero-order valence-electron chi connectivity index (χ0n) is 5.78. The lowest BCUT2D eigenvalue weighted by atomic mass is 10.5. The molecule has 5 heteroatoms. The molecule has 1 unspecified atom stereocenters. The average molecular weight is 172 g/mol. The predicted molar refractivity (Wildman–Crippen MR) is 35.3 cm³/mol. The minimum Gasteiger partial charge on any atom is -0.435 e. The van der Waals surface area contributed by atoms with Crippen LogP contribution in [0.3, 0.4) is 0 Å². The molecule has 0 saturated heterocycles. The first-order valence-electron chi connectivity index (χ1n) is 3.20. The largest absolute Gasteiger partial charge is 0.435 e. The van der Waals surface area contributed by atoms with Gasteiger partial charge < -0.3 is 4.80 Å². The summed E-state index contributed by atoms with van der Waals surface area (Å²) in [5, 5.41) is 0. The summed E-state index contributed by atoms with van der Waals surface area (Å²) in [5.74, 6) is 0. The van der Waals surface area contributed by atoms with Crippen molar-refractivity contribution in [2.24, 2.45) is 0 Å². The van der Waals surface area contributed by atoms with Crippen LogP contribution >= 0.6 is 0 Å². The molecule has 0 radical (unpaired) electrons. The topological polar surface area (TPSA) is 20.2 Å². The third kappa shape index (κ3) is 6.09. The second kappa shape index (κ2) is 3.97. The van der Waals surface area contributed by atoms with Gasteiger partial charge in [-0.2, -0.15) is 13.2 Å². The number of hydrogen-bond acceptors (Lipinski definition) is 1. The van der Waals surface area contributed by atoms with Crippen LogP contribution in [-0.4, -0.2) is 20.0 Å². The Balaban J connectivity index is 3.36. The quantitative estimate of drug-likeness (QED) is 0.642. The third-order valence-electron chi connectivity index (χ3n) is 1.23. The molecule has 0 aromatic carbocycles. The molecule has 1 N–H and O–H groups in total. The fourth-order valence-corrected chi connectivity index (χ4v) is 1.60. The molecule has 0 rings (SSSR count). The Kier molecular flexibility index (Phi) is 3.96. The third-order valence-corrected chi connectivity index (χ3v) is 3.13. The zero-order valence-corrected chi connectivity index (χ0v) is 6.93. The lowest BCUT2D eigenvalue weighted by Gasteiger charge is -2.07. The van der Waals surface area contributed by atoms with Gasteiger partial charge in [0.1, 0.15) is 0 Å². The van der Waals surface area contributed by atoms with Crippen LogP contribution in [0, 0.1) is 0 Å². The molecule has 0 aromatic rings. The smallest absolute Gasteiger partial charge is 0.388 e. The van der Waals surface area contributed by atoms with E-state index in [2.05, 4.69) is 0 Å². The second-order valence-corrected chi connectivity index (χ2v) is 4.92. The minimum atomic E-state index is -4.09. The van der Waals surface area contributed by atoms with Gasteiger partial charge in [-0.25, -0.2) is 0 Å². The highest BCUT2D eigenvalue weighted by Gasteiger charge is 2.27. The van der Waals surface area contributed by atoms with Crippen LogP contribution in [-0.2, 0) is 0 Å². The summed E-state index contributed by atoms with van der Waals surface area (Å²) >= 11 is 0. The van der Waals surface area contributed by atoms with Crippen LogP contribution in [0.25, 0.3) is 0 Å². The minimum absolute atomic E-state index is 0.0417. The maximum absolute atomic E-state index is 11.5. The molecular formula is C5H11F3OSi. The van der Waals surface area contributed by atoms with E-state index in [0.717, 1.165) is 0 Å². The highest BCUT2D eigenvalue weighted by atomic mass is 28.3. The van der Waals surface area contributed by atoms with Gasteiger partial charge >= 0.3 is 6.18 Å². The van der Waals surface area contributed by atoms with E-state index in [4.69, 9.17) is 4.80 Å². The molecular weight excluding hydrogens is 161 g/mol. The fourth-order valence-electron chi connectivity index (χ4n) is 0.534. The van der Waals surface area contributed by atoms with Gasteiger partial charge in [-0.1, -0.05) is 6.92 Å². The number of alkyl halides is 3. The van der Waals surface area contributed by atoms with E-state index in [0.29, 0.717) is 6.04 Å². The van der Waals surface area contributed by atoms with Gasteiger partial charge in [0.05, 0.1) is 0 Å². The average Bonchev–Trinajstić information content (AvgIpc) is 1.81. The molecule has 0 fully saturated rings. The number of hydrogen-bond donors (Lipinski definition) is 1. The number of rotatable bonds is 3. The number of halogens is 3. The highest BCUT2D eigenvalue weighted by molar-refractivity contribution is 6.50. The summed E-state index contributed by atoms with van der Waals surface area (Å²) in [6.07, 6.45) is -4.92. The van der Waals surface area contributed by atoms with Gasteiger partial charge in [-0.05, 0) is 12.1 Å². The molecule has 0 aliphatic heterocycles. The lowest BCUT2D eigenvalue weighted by molar-refractivity contribution is -0.130. The first-order chi connectivity index (χ1) is 4.45. The van der Waals surface area contributed by atoms with Crippen LogP contribution in [0.15, 0.2) is 0 Å². The van der Waals surface area contributed by atoms with Crippen LogP contribution in [0.5, 0.6) is 0 Å². The molecule has 0 bridgehead atoms. The molecule has 0 amide bonds. The van der Waals surface area contributed by atoms with Crippen molar-refractivity contribution in [3.63, 3.8) is 0 Å². The Bertz CT molecular complexity index is 93.4. The molecule has 0 heterocycles. The Morgan fingerprint density at radius 2 is 1.90 bits per heavy atom. The van der Waals surface area contributed by atoms with Crippen molar-refractivity contribution in [2.45, 2.75) is 31.6 Å². The molecule has 1 atom stereocenters. The van der Waals surface area contributed by atoms with Gasteiger partial charge in [0, 0.05) is 6.42 Å². The second-order valence-electron chi connectivity index (χ2n) is 2.22. The van der Waals surface area contributed by atoms with Gasteiger partial charge in [0.25, 0.3) is 0 Å². The molecule has 0 aliphatic rings. The Morgan fingerprint density at radius 3 is 2.20 bits per heavy atom. The van der Waals surface area contributed by atoms with E-state index < -0.39 is 21.6 Å². The first-order valence-corrected chi connectivity index (χ1v) is 5.35. The van der Waals surface area contributed by atoms with Crippen LogP contribution in [0.1, 0.15) is 13.3 Å². The van der Waals surface area contributed by atoms with E-state index in [1.165, 1.54) is 0 Å². The van der Waals surface area contributed by atoms with Gasteiger partial charge in [0.2, 0.25) is 0 Å². The van der Waals surface area contributed by atoms with Crippen LogP contribution < -0.4 is 0 Å². The monoisotopic (exact) mass is 172 g/mol. The molecule has 10 heavy (non-hydrogen) atoms. The van der Waals surface area contributed by atoms with E-state index in [-0.39, 0.29) is 6.04 Å². The van der Waals surface area contributed by atoms with E-state index in [1.807, 2.05) is 0 Å². The fraction of sp³-hybridized carbons (Fsp3) is 1.00. The van der Waals surface area contributed by atoms with Crippen LogP contribution in [0.2, 0.25) is 12.1 Å². The van der Waals surface area contributed by atoms with E-state index >= 15 is 0 Å². The van der Waals surface area contributed by atoms with E-state index in [1.54, 1.807) is 6.92 Å². The Morgan fingerprint density at radius 1 is 1.40 bits per heavy atom. The Hall–Kier alpha value is -0.0331. The summed E-state index contributed by atoms with van der Waals surface area (Å²) in [7, 11) is -2.00. The Labute approximate surface area is 59.6 Å². The molecule has 62 valence electrons. The maximum Gasteiger partial charge on any atom is 0.388 e. The predicted octanol–water partition coefficient (Wildman–Crippen LogP) is 1.67. The maximum atomic E-state index is 11.5. The summed E-state index contributed by atoms with van der Waals surface area (Å²) in [5.41, 5.74) is 0. The zero-order chi connectivity index (χ0) is 8.20. The summed E-state index contributed by atoms with van der Waals surface area (Å²) in [6, 6.07) is 0.482. The lowest BCUT2D eigenvalue weighted by Crippen LogP contribution is -2.15. The molecule has 0 saturated carbocycles.